The fourth-order valence-corrected chi connectivity index (χ4v) is 3.63. The highest BCUT2D eigenvalue weighted by molar-refractivity contribution is 5.84. The molecule has 0 saturated carbocycles. The molecule has 0 bridgehead atoms. The van der Waals surface area contributed by atoms with Crippen LogP contribution in [-0.4, -0.2) is 30.9 Å². The van der Waals surface area contributed by atoms with E-state index in [-0.39, 0.29) is 0 Å². The minimum atomic E-state index is 0.426. The van der Waals surface area contributed by atoms with Gasteiger partial charge in [-0.3, -0.25) is 4.68 Å². The minimum absolute atomic E-state index is 0.426. The zero-order valence-electron chi connectivity index (χ0n) is 15.7. The third-order valence-corrected chi connectivity index (χ3v) is 4.96. The number of nitrogens with zero attached hydrogens (tertiary/aromatic N) is 6. The highest BCUT2D eigenvalue weighted by Crippen LogP contribution is 2.38. The summed E-state index contributed by atoms with van der Waals surface area (Å²) in [4.78, 5) is 13.6. The monoisotopic (exact) mass is 372 g/mol. The summed E-state index contributed by atoms with van der Waals surface area (Å²) in [5.41, 5.74) is 12.3. The molecule has 1 aromatic carbocycles. The minimum Gasteiger partial charge on any atom is -0.399 e. The first kappa shape index (κ1) is 16.5. The van der Waals surface area contributed by atoms with E-state index in [1.165, 1.54) is 5.56 Å². The molecule has 0 atom stereocenters. The Kier molecular flexibility index (Phi) is 3.65. The van der Waals surface area contributed by atoms with Crippen LogP contribution in [0.1, 0.15) is 5.56 Å². The molecular weight excluding hydrogens is 352 g/mol. The van der Waals surface area contributed by atoms with Gasteiger partial charge in [0.1, 0.15) is 17.3 Å². The molecular formula is C20H20N8. The molecule has 0 fully saturated rings. The Bertz CT molecular complexity index is 1230. The molecule has 2 aromatic rings. The maximum absolute atomic E-state index is 6.05. The Balaban J connectivity index is 1.72. The lowest BCUT2D eigenvalue weighted by atomic mass is 9.98. The van der Waals surface area contributed by atoms with Crippen molar-refractivity contribution in [1.29, 1.82) is 0 Å². The van der Waals surface area contributed by atoms with Crippen molar-refractivity contribution in [3.63, 3.8) is 0 Å². The van der Waals surface area contributed by atoms with Crippen molar-refractivity contribution in [2.75, 3.05) is 17.6 Å². The largest absolute Gasteiger partial charge is 0.399 e. The quantitative estimate of drug-likeness (QED) is 0.526. The summed E-state index contributed by atoms with van der Waals surface area (Å²) >= 11 is 0. The summed E-state index contributed by atoms with van der Waals surface area (Å²) in [6.07, 6.45) is 5.35. The predicted molar refractivity (Wildman–Crippen MR) is 108 cm³/mol. The zero-order valence-corrected chi connectivity index (χ0v) is 15.7. The van der Waals surface area contributed by atoms with E-state index in [4.69, 9.17) is 10.7 Å². The van der Waals surface area contributed by atoms with Crippen LogP contribution in [0.5, 0.6) is 0 Å². The molecule has 8 heteroatoms. The van der Waals surface area contributed by atoms with E-state index in [2.05, 4.69) is 37.9 Å². The average molecular weight is 372 g/mol. The number of fused-ring (bicyclic) bond motifs is 3. The van der Waals surface area contributed by atoms with Gasteiger partial charge in [0.15, 0.2) is 0 Å². The lowest BCUT2D eigenvalue weighted by Gasteiger charge is -2.18. The normalized spacial score (nSPS) is 13.7. The highest BCUT2D eigenvalue weighted by Gasteiger charge is 2.22. The number of pyridine rings is 1. The molecule has 0 spiro atoms. The Labute approximate surface area is 161 Å². The Morgan fingerprint density at radius 3 is 2.89 bits per heavy atom. The van der Waals surface area contributed by atoms with Crippen LogP contribution in [0.3, 0.4) is 0 Å². The number of hydrogen-bond acceptors (Lipinski definition) is 6. The standard InChI is InChI=1S/C20H20N8/c1-12-3-4-14(21)8-16(12)17-7-13-9-23-20(25-15-10-24-27(2)11-15)26-18(13)28-6-5-22-19(17)28/h3-4,7-11,22H,5-6,21H2,1-2H3. The van der Waals surface area contributed by atoms with Gasteiger partial charge in [0, 0.05) is 43.1 Å². The Morgan fingerprint density at radius 2 is 2.07 bits per heavy atom. The van der Waals surface area contributed by atoms with Gasteiger partial charge in [0.25, 0.3) is 5.62 Å². The number of nitrogens with one attached hydrogen (secondary N) is 1. The van der Waals surface area contributed by atoms with E-state index in [0.717, 1.165) is 52.8 Å². The van der Waals surface area contributed by atoms with E-state index in [0.29, 0.717) is 5.62 Å². The summed E-state index contributed by atoms with van der Waals surface area (Å²) in [6, 6.07) is 8.11. The van der Waals surface area contributed by atoms with Gasteiger partial charge in [-0.05, 0) is 36.2 Å². The molecule has 140 valence electrons. The number of nitrogens with two attached hydrogens (primary N) is 1. The number of aromatic nitrogens is 5. The molecule has 8 nitrogen and oxygen atoms in total. The number of aryl methyl sites for hydroxylation is 2. The van der Waals surface area contributed by atoms with Crippen LogP contribution in [-0.2, 0) is 13.6 Å². The number of benzene rings is 1. The lowest BCUT2D eigenvalue weighted by Crippen LogP contribution is -2.17. The van der Waals surface area contributed by atoms with Crippen LogP contribution >= 0.6 is 0 Å². The molecule has 0 radical (unpaired) electrons. The zero-order chi connectivity index (χ0) is 19.3. The average Bonchev–Trinajstić information content (AvgIpc) is 3.33. The molecule has 3 aliphatic rings. The predicted octanol–water partition coefficient (Wildman–Crippen LogP) is 2.33. The molecule has 0 aliphatic carbocycles. The fraction of sp³-hybridized carbons (Fsp3) is 0.200. The van der Waals surface area contributed by atoms with Crippen LogP contribution in [0.15, 0.2) is 47.8 Å². The number of hydrogen-bond donors (Lipinski definition) is 2. The topological polar surface area (TPSA) is 98.9 Å². The van der Waals surface area contributed by atoms with E-state index in [1.807, 2.05) is 37.6 Å². The summed E-state index contributed by atoms with van der Waals surface area (Å²) < 4.78 is 3.90. The molecule has 0 amide bonds. The lowest BCUT2D eigenvalue weighted by molar-refractivity contribution is 0.767. The van der Waals surface area contributed by atoms with E-state index >= 15 is 0 Å². The first-order chi connectivity index (χ1) is 13.6. The van der Waals surface area contributed by atoms with Crippen LogP contribution in [0.4, 0.5) is 17.2 Å². The van der Waals surface area contributed by atoms with Gasteiger partial charge in [-0.2, -0.15) is 10.1 Å². The molecule has 0 unspecified atom stereocenters. The van der Waals surface area contributed by atoms with Gasteiger partial charge < -0.3 is 15.6 Å². The summed E-state index contributed by atoms with van der Waals surface area (Å²) in [5, 5.41) is 7.63. The Hall–Kier alpha value is -3.68. The van der Waals surface area contributed by atoms with Crippen LogP contribution in [0, 0.1) is 6.92 Å². The first-order valence-electron chi connectivity index (χ1n) is 9.13. The van der Waals surface area contributed by atoms with E-state index in [1.54, 1.807) is 10.9 Å². The van der Waals surface area contributed by atoms with E-state index in [9.17, 15) is 0 Å². The van der Waals surface area contributed by atoms with Crippen molar-refractivity contribution in [1.82, 2.24) is 24.3 Å². The molecule has 1 aromatic heterocycles. The van der Waals surface area contributed by atoms with Crippen molar-refractivity contribution >= 4 is 17.2 Å². The van der Waals surface area contributed by atoms with Gasteiger partial charge in [-0.25, -0.2) is 9.98 Å². The van der Waals surface area contributed by atoms with Gasteiger partial charge in [0.2, 0.25) is 0 Å². The third kappa shape index (κ3) is 2.70. The van der Waals surface area contributed by atoms with Crippen molar-refractivity contribution in [3.8, 4) is 22.5 Å². The maximum Gasteiger partial charge on any atom is 0.251 e. The smallest absolute Gasteiger partial charge is 0.251 e. The van der Waals surface area contributed by atoms with Crippen molar-refractivity contribution in [2.24, 2.45) is 12.0 Å². The molecule has 3 aliphatic heterocycles. The molecule has 0 saturated heterocycles. The second-order valence-corrected chi connectivity index (χ2v) is 6.99. The van der Waals surface area contributed by atoms with Crippen molar-refractivity contribution in [3.05, 3.63) is 54.0 Å². The van der Waals surface area contributed by atoms with Crippen LogP contribution in [0.2, 0.25) is 0 Å². The van der Waals surface area contributed by atoms with Crippen LogP contribution in [0.25, 0.3) is 22.5 Å². The number of rotatable bonds is 2. The van der Waals surface area contributed by atoms with Crippen LogP contribution < -0.4 is 16.7 Å². The van der Waals surface area contributed by atoms with Gasteiger partial charge in [-0.1, -0.05) is 6.07 Å². The van der Waals surface area contributed by atoms with Crippen molar-refractivity contribution < 1.29 is 0 Å². The first-order valence-corrected chi connectivity index (χ1v) is 9.13. The van der Waals surface area contributed by atoms with Gasteiger partial charge in [-0.15, -0.1) is 0 Å². The highest BCUT2D eigenvalue weighted by atomic mass is 15.3. The van der Waals surface area contributed by atoms with E-state index < -0.39 is 0 Å². The summed E-state index contributed by atoms with van der Waals surface area (Å²) in [7, 11) is 1.86. The van der Waals surface area contributed by atoms with Crippen molar-refractivity contribution in [2.45, 2.75) is 13.5 Å². The van der Waals surface area contributed by atoms with Gasteiger partial charge in [0.05, 0.1) is 12.4 Å². The number of anilines is 2. The molecule has 28 heavy (non-hydrogen) atoms. The Morgan fingerprint density at radius 1 is 1.18 bits per heavy atom. The number of nitrogen functional groups attached to an aromatic ring is 1. The molecule has 3 N–H and O–H groups in total. The molecule has 4 heterocycles. The third-order valence-electron chi connectivity index (χ3n) is 4.96. The second kappa shape index (κ2) is 6.19. The molecule has 5 rings (SSSR count). The van der Waals surface area contributed by atoms with Gasteiger partial charge >= 0.3 is 0 Å². The summed E-state index contributed by atoms with van der Waals surface area (Å²) in [5.74, 6) is 1.91. The SMILES string of the molecule is Cc1ccc(N)cc1-c1cc2cnc(=Nc3cnn(C)c3)nc-2n2c1NCC2. The fourth-order valence-electron chi connectivity index (χ4n) is 3.63. The second-order valence-electron chi connectivity index (χ2n) is 6.99. The maximum atomic E-state index is 6.05. The summed E-state index contributed by atoms with van der Waals surface area (Å²) in [6.45, 7) is 3.79.